The first-order valence-electron chi connectivity index (χ1n) is 5.03. The van der Waals surface area contributed by atoms with Crippen LogP contribution in [0.15, 0.2) is 36.4 Å². The van der Waals surface area contributed by atoms with Crippen LogP contribution in [-0.2, 0) is 0 Å². The highest BCUT2D eigenvalue weighted by atomic mass is 15.7. The lowest BCUT2D eigenvalue weighted by molar-refractivity contribution is 0.659. The number of nitrogens with one attached hydrogen (secondary N) is 1. The molecule has 3 nitrogen and oxygen atoms in total. The third-order valence-electron chi connectivity index (χ3n) is 2.88. The van der Waals surface area contributed by atoms with Gasteiger partial charge >= 0.3 is 0 Å². The first-order valence-corrected chi connectivity index (χ1v) is 5.03. The minimum absolute atomic E-state index is 1.22. The van der Waals surface area contributed by atoms with Crippen molar-refractivity contribution in [1.29, 1.82) is 0 Å². The van der Waals surface area contributed by atoms with Crippen LogP contribution in [0.25, 0.3) is 10.8 Å². The van der Waals surface area contributed by atoms with Gasteiger partial charge in [-0.2, -0.15) is 0 Å². The summed E-state index contributed by atoms with van der Waals surface area (Å²) in [6, 6.07) is 12.7. The van der Waals surface area contributed by atoms with Gasteiger partial charge in [-0.3, -0.25) is 10.0 Å². The highest BCUT2D eigenvalue weighted by Gasteiger charge is 2.18. The summed E-state index contributed by atoms with van der Waals surface area (Å²) in [5.41, 5.74) is 5.71. The molecule has 15 heavy (non-hydrogen) atoms. The Morgan fingerprint density at radius 2 is 1.40 bits per heavy atom. The third kappa shape index (κ3) is 1.10. The van der Waals surface area contributed by atoms with Crippen molar-refractivity contribution in [2.24, 2.45) is 0 Å². The van der Waals surface area contributed by atoms with Crippen LogP contribution in [-0.4, -0.2) is 14.1 Å². The van der Waals surface area contributed by atoms with E-state index in [2.05, 4.69) is 41.9 Å². The molecule has 0 aliphatic carbocycles. The van der Waals surface area contributed by atoms with Gasteiger partial charge in [0.2, 0.25) is 0 Å². The summed E-state index contributed by atoms with van der Waals surface area (Å²) in [4.78, 5) is 0. The summed E-state index contributed by atoms with van der Waals surface area (Å²) >= 11 is 0. The maximum Gasteiger partial charge on any atom is 0.0634 e. The molecule has 1 aliphatic rings. The van der Waals surface area contributed by atoms with Crippen LogP contribution in [0.3, 0.4) is 0 Å². The molecule has 0 aromatic heterocycles. The van der Waals surface area contributed by atoms with Crippen molar-refractivity contribution in [2.45, 2.75) is 0 Å². The monoisotopic (exact) mass is 199 g/mol. The SMILES string of the molecule is CN1NN(C)c2cccc3cccc1c23. The largest absolute Gasteiger partial charge is 0.293 e. The second-order valence-corrected chi connectivity index (χ2v) is 3.87. The lowest BCUT2D eigenvalue weighted by Gasteiger charge is -2.35. The molecule has 3 heteroatoms. The molecule has 1 heterocycles. The van der Waals surface area contributed by atoms with E-state index < -0.39 is 0 Å². The van der Waals surface area contributed by atoms with Gasteiger partial charge in [0.15, 0.2) is 0 Å². The van der Waals surface area contributed by atoms with Crippen LogP contribution in [0.4, 0.5) is 11.4 Å². The fourth-order valence-electron chi connectivity index (χ4n) is 2.19. The second-order valence-electron chi connectivity index (χ2n) is 3.87. The fraction of sp³-hybridized carbons (Fsp3) is 0.167. The molecule has 0 spiro atoms. The van der Waals surface area contributed by atoms with E-state index in [4.69, 9.17) is 0 Å². The van der Waals surface area contributed by atoms with Crippen molar-refractivity contribution in [3.8, 4) is 0 Å². The van der Waals surface area contributed by atoms with Crippen LogP contribution in [0, 0.1) is 0 Å². The first kappa shape index (κ1) is 8.56. The van der Waals surface area contributed by atoms with Crippen LogP contribution in [0.2, 0.25) is 0 Å². The summed E-state index contributed by atoms with van der Waals surface area (Å²) < 4.78 is 0. The summed E-state index contributed by atoms with van der Waals surface area (Å²) in [6.07, 6.45) is 0. The van der Waals surface area contributed by atoms with E-state index in [0.717, 1.165) is 0 Å². The summed E-state index contributed by atoms with van der Waals surface area (Å²) in [6.45, 7) is 0. The zero-order chi connectivity index (χ0) is 10.4. The van der Waals surface area contributed by atoms with Crippen LogP contribution in [0.1, 0.15) is 0 Å². The molecule has 76 valence electrons. The Bertz CT molecular complexity index is 479. The predicted molar refractivity (Wildman–Crippen MR) is 63.9 cm³/mol. The molecule has 1 aliphatic heterocycles. The number of hydrogen-bond donors (Lipinski definition) is 1. The van der Waals surface area contributed by atoms with Gasteiger partial charge in [0, 0.05) is 19.5 Å². The van der Waals surface area contributed by atoms with Gasteiger partial charge in [-0.25, -0.2) is 0 Å². The zero-order valence-electron chi connectivity index (χ0n) is 8.86. The lowest BCUT2D eigenvalue weighted by Crippen LogP contribution is -2.48. The molecule has 2 aromatic carbocycles. The molecule has 0 saturated carbocycles. The Morgan fingerprint density at radius 3 is 1.93 bits per heavy atom. The second kappa shape index (κ2) is 2.87. The average molecular weight is 199 g/mol. The zero-order valence-corrected chi connectivity index (χ0v) is 8.86. The molecule has 0 amide bonds. The van der Waals surface area contributed by atoms with E-state index in [-0.39, 0.29) is 0 Å². The fourth-order valence-corrected chi connectivity index (χ4v) is 2.19. The van der Waals surface area contributed by atoms with Crippen molar-refractivity contribution in [1.82, 2.24) is 5.53 Å². The summed E-state index contributed by atoms with van der Waals surface area (Å²) in [5, 5.41) is 6.67. The number of anilines is 2. The van der Waals surface area contributed by atoms with E-state index in [1.165, 1.54) is 22.1 Å². The topological polar surface area (TPSA) is 18.5 Å². The van der Waals surface area contributed by atoms with E-state index in [1.807, 2.05) is 24.1 Å². The van der Waals surface area contributed by atoms with Crippen molar-refractivity contribution in [2.75, 3.05) is 24.1 Å². The summed E-state index contributed by atoms with van der Waals surface area (Å²) in [7, 11) is 4.06. The Kier molecular flexibility index (Phi) is 1.64. The molecule has 0 unspecified atom stereocenters. The molecule has 3 rings (SSSR count). The highest BCUT2D eigenvalue weighted by molar-refractivity contribution is 6.04. The van der Waals surface area contributed by atoms with Crippen LogP contribution < -0.4 is 15.6 Å². The minimum Gasteiger partial charge on any atom is -0.293 e. The maximum atomic E-state index is 3.26. The molecular weight excluding hydrogens is 186 g/mol. The Balaban J connectivity index is 2.45. The number of rotatable bonds is 0. The normalized spacial score (nSPS) is 14.8. The maximum absolute atomic E-state index is 3.26. The van der Waals surface area contributed by atoms with Crippen molar-refractivity contribution >= 4 is 22.1 Å². The van der Waals surface area contributed by atoms with Gasteiger partial charge in [-0.15, -0.1) is 5.53 Å². The Morgan fingerprint density at radius 1 is 0.867 bits per heavy atom. The molecule has 0 bridgehead atoms. The Hall–Kier alpha value is -1.74. The third-order valence-corrected chi connectivity index (χ3v) is 2.88. The first-order chi connectivity index (χ1) is 7.27. The molecule has 2 aromatic rings. The number of nitrogens with zero attached hydrogens (tertiary/aromatic N) is 2. The van der Waals surface area contributed by atoms with Gasteiger partial charge < -0.3 is 0 Å². The molecular formula is C12H13N3. The van der Waals surface area contributed by atoms with Gasteiger partial charge in [-0.1, -0.05) is 24.3 Å². The predicted octanol–water partition coefficient (Wildman–Crippen LogP) is 2.15. The molecule has 0 radical (unpaired) electrons. The lowest BCUT2D eigenvalue weighted by atomic mass is 10.1. The van der Waals surface area contributed by atoms with Gasteiger partial charge in [-0.05, 0) is 17.5 Å². The van der Waals surface area contributed by atoms with Crippen LogP contribution >= 0.6 is 0 Å². The van der Waals surface area contributed by atoms with E-state index in [9.17, 15) is 0 Å². The van der Waals surface area contributed by atoms with E-state index >= 15 is 0 Å². The number of hydrogen-bond acceptors (Lipinski definition) is 3. The molecule has 0 saturated heterocycles. The quantitative estimate of drug-likeness (QED) is 0.701. The highest BCUT2D eigenvalue weighted by Crippen LogP contribution is 2.35. The Labute approximate surface area is 88.8 Å². The minimum atomic E-state index is 1.22. The number of hydrazine groups is 2. The van der Waals surface area contributed by atoms with Crippen LogP contribution in [0.5, 0.6) is 0 Å². The van der Waals surface area contributed by atoms with E-state index in [1.54, 1.807) is 0 Å². The smallest absolute Gasteiger partial charge is 0.0634 e. The summed E-state index contributed by atoms with van der Waals surface area (Å²) in [5.74, 6) is 0. The van der Waals surface area contributed by atoms with E-state index in [0.29, 0.717) is 0 Å². The van der Waals surface area contributed by atoms with Crippen molar-refractivity contribution in [3.63, 3.8) is 0 Å². The van der Waals surface area contributed by atoms with Gasteiger partial charge in [0.25, 0.3) is 0 Å². The van der Waals surface area contributed by atoms with Gasteiger partial charge in [0.05, 0.1) is 11.4 Å². The molecule has 1 N–H and O–H groups in total. The van der Waals surface area contributed by atoms with Crippen molar-refractivity contribution < 1.29 is 0 Å². The molecule has 0 fully saturated rings. The van der Waals surface area contributed by atoms with Crippen molar-refractivity contribution in [3.05, 3.63) is 36.4 Å². The average Bonchev–Trinajstić information content (AvgIpc) is 2.25. The molecule has 0 atom stereocenters. The number of benzene rings is 2. The standard InChI is InChI=1S/C12H13N3/c1-14-10-7-3-5-9-6-4-8-11(12(9)10)15(2)13-14/h3-8,13H,1-2H3. The van der Waals surface area contributed by atoms with Gasteiger partial charge in [0.1, 0.15) is 0 Å².